The highest BCUT2D eigenvalue weighted by Crippen LogP contribution is 2.15. The molecule has 0 aromatic heterocycles. The van der Waals surface area contributed by atoms with Gasteiger partial charge in [-0.1, -0.05) is 0 Å². The first-order chi connectivity index (χ1) is 11.2. The van der Waals surface area contributed by atoms with Gasteiger partial charge in [-0.2, -0.15) is 0 Å². The van der Waals surface area contributed by atoms with E-state index in [0.29, 0.717) is 24.6 Å². The lowest BCUT2D eigenvalue weighted by atomic mass is 10.2. The van der Waals surface area contributed by atoms with Crippen LogP contribution in [0.2, 0.25) is 0 Å². The van der Waals surface area contributed by atoms with Gasteiger partial charge in [-0.25, -0.2) is 4.79 Å². The molecule has 3 aliphatic rings. The van der Waals surface area contributed by atoms with Crippen LogP contribution in [-0.4, -0.2) is 69.0 Å². The summed E-state index contributed by atoms with van der Waals surface area (Å²) in [7, 11) is 0. The number of carbonyl (C=O) groups is 1. The molecule has 3 fully saturated rings. The Bertz CT molecular complexity index is 492. The zero-order valence-electron chi connectivity index (χ0n) is 12.7. The van der Waals surface area contributed by atoms with Gasteiger partial charge in [-0.05, 0) is 24.3 Å². The number of benzene rings is 1. The van der Waals surface area contributed by atoms with Gasteiger partial charge in [0, 0.05) is 0 Å². The molecule has 0 aliphatic carbocycles. The lowest BCUT2D eigenvalue weighted by Gasteiger charge is -2.03. The second-order valence-corrected chi connectivity index (χ2v) is 5.54. The summed E-state index contributed by atoms with van der Waals surface area (Å²) >= 11 is 0. The number of aromatic carboxylic acids is 1. The number of hydrogen-bond acceptors (Lipinski definition) is 6. The summed E-state index contributed by atoms with van der Waals surface area (Å²) in [5.41, 5.74) is 0.264. The first kappa shape index (κ1) is 16.2. The van der Waals surface area contributed by atoms with Crippen LogP contribution in [0, 0.1) is 0 Å². The normalized spacial score (nSPS) is 26.7. The molecule has 0 saturated carbocycles. The molecule has 3 saturated heterocycles. The van der Waals surface area contributed by atoms with Gasteiger partial charge in [0.25, 0.3) is 0 Å². The number of ether oxygens (including phenoxy) is 5. The van der Waals surface area contributed by atoms with E-state index in [1.165, 1.54) is 12.1 Å². The van der Waals surface area contributed by atoms with Gasteiger partial charge < -0.3 is 28.8 Å². The molecule has 7 heteroatoms. The molecule has 3 atom stereocenters. The molecule has 3 unspecified atom stereocenters. The van der Waals surface area contributed by atoms with Gasteiger partial charge in [-0.3, -0.25) is 0 Å². The number of hydrogen-bond donors (Lipinski definition) is 1. The van der Waals surface area contributed by atoms with Gasteiger partial charge in [0.2, 0.25) is 0 Å². The zero-order chi connectivity index (χ0) is 16.1. The monoisotopic (exact) mass is 324 g/mol. The van der Waals surface area contributed by atoms with Crippen molar-refractivity contribution in [3.05, 3.63) is 29.8 Å². The standard InChI is InChI=1S/C10H10O4.C6H10O3/c11-10(12)7-1-3-8(4-2-7)13-5-9-6-14-9;1(5-3-8-5)7-2-6-4-9-6/h1-4,9H,5-6H2,(H,11,12);5-6H,1-4H2. The number of carboxylic acids is 1. The quantitative estimate of drug-likeness (QED) is 0.712. The number of epoxide rings is 3. The summed E-state index contributed by atoms with van der Waals surface area (Å²) in [5, 5.41) is 8.64. The minimum Gasteiger partial charge on any atom is -0.491 e. The van der Waals surface area contributed by atoms with Crippen molar-refractivity contribution in [1.82, 2.24) is 0 Å². The fourth-order valence-corrected chi connectivity index (χ4v) is 1.71. The summed E-state index contributed by atoms with van der Waals surface area (Å²) in [6, 6.07) is 6.33. The van der Waals surface area contributed by atoms with E-state index in [9.17, 15) is 4.79 Å². The van der Waals surface area contributed by atoms with E-state index in [-0.39, 0.29) is 11.7 Å². The summed E-state index contributed by atoms with van der Waals surface area (Å²) < 4.78 is 25.4. The lowest BCUT2D eigenvalue weighted by molar-refractivity contribution is 0.0697. The van der Waals surface area contributed by atoms with Crippen molar-refractivity contribution in [2.75, 3.05) is 39.6 Å². The van der Waals surface area contributed by atoms with Crippen LogP contribution in [-0.2, 0) is 18.9 Å². The van der Waals surface area contributed by atoms with Crippen LogP contribution >= 0.6 is 0 Å². The van der Waals surface area contributed by atoms with Crippen molar-refractivity contribution in [3.63, 3.8) is 0 Å². The Balaban J connectivity index is 0.000000149. The minimum absolute atomic E-state index is 0.217. The molecular weight excluding hydrogens is 304 g/mol. The van der Waals surface area contributed by atoms with Gasteiger partial charge >= 0.3 is 5.97 Å². The largest absolute Gasteiger partial charge is 0.491 e. The number of carboxylic acid groups (broad SMARTS) is 1. The molecule has 1 aromatic carbocycles. The molecule has 23 heavy (non-hydrogen) atoms. The molecule has 1 N–H and O–H groups in total. The SMILES string of the molecule is C(OCC1CO1)C1CO1.O=C(O)c1ccc(OCC2CO2)cc1. The van der Waals surface area contributed by atoms with Crippen LogP contribution < -0.4 is 4.74 Å². The molecular formula is C16H20O7. The highest BCUT2D eigenvalue weighted by atomic mass is 16.6. The van der Waals surface area contributed by atoms with Crippen molar-refractivity contribution in [2.24, 2.45) is 0 Å². The van der Waals surface area contributed by atoms with Crippen LogP contribution in [0.4, 0.5) is 0 Å². The van der Waals surface area contributed by atoms with Crippen molar-refractivity contribution in [2.45, 2.75) is 18.3 Å². The maximum atomic E-state index is 10.5. The van der Waals surface area contributed by atoms with Gasteiger partial charge in [0.05, 0.1) is 38.6 Å². The second-order valence-electron chi connectivity index (χ2n) is 5.54. The van der Waals surface area contributed by atoms with Gasteiger partial charge in [0.1, 0.15) is 30.7 Å². The lowest BCUT2D eigenvalue weighted by Crippen LogP contribution is -2.06. The molecule has 4 rings (SSSR count). The molecule has 3 aliphatic heterocycles. The predicted molar refractivity (Wildman–Crippen MR) is 78.9 cm³/mol. The Morgan fingerprint density at radius 3 is 1.87 bits per heavy atom. The average molecular weight is 324 g/mol. The van der Waals surface area contributed by atoms with Crippen LogP contribution in [0.1, 0.15) is 10.4 Å². The highest BCUT2D eigenvalue weighted by molar-refractivity contribution is 5.87. The van der Waals surface area contributed by atoms with Crippen LogP contribution in [0.25, 0.3) is 0 Å². The van der Waals surface area contributed by atoms with Crippen molar-refractivity contribution < 1.29 is 33.6 Å². The van der Waals surface area contributed by atoms with Crippen molar-refractivity contribution in [3.8, 4) is 5.75 Å². The molecule has 0 amide bonds. The Kier molecular flexibility index (Phi) is 5.45. The van der Waals surface area contributed by atoms with E-state index in [1.807, 2.05) is 0 Å². The van der Waals surface area contributed by atoms with E-state index in [1.54, 1.807) is 12.1 Å². The molecule has 0 spiro atoms. The zero-order valence-corrected chi connectivity index (χ0v) is 12.7. The summed E-state index contributed by atoms with van der Waals surface area (Å²) in [6.45, 7) is 4.55. The first-order valence-corrected chi connectivity index (χ1v) is 7.59. The second kappa shape index (κ2) is 7.74. The first-order valence-electron chi connectivity index (χ1n) is 7.59. The Labute approximate surface area is 134 Å². The highest BCUT2D eigenvalue weighted by Gasteiger charge is 2.26. The van der Waals surface area contributed by atoms with Gasteiger partial charge in [-0.15, -0.1) is 0 Å². The molecule has 1 aromatic rings. The van der Waals surface area contributed by atoms with E-state index >= 15 is 0 Å². The molecule has 126 valence electrons. The summed E-state index contributed by atoms with van der Waals surface area (Å²) in [6.07, 6.45) is 1.00. The van der Waals surface area contributed by atoms with Gasteiger partial charge in [0.15, 0.2) is 0 Å². The third kappa shape index (κ3) is 6.54. The van der Waals surface area contributed by atoms with Crippen LogP contribution in [0.15, 0.2) is 24.3 Å². The van der Waals surface area contributed by atoms with Crippen molar-refractivity contribution >= 4 is 5.97 Å². The molecule has 3 heterocycles. The Hall–Kier alpha value is -1.67. The third-order valence-electron chi connectivity index (χ3n) is 3.35. The molecule has 0 radical (unpaired) electrons. The average Bonchev–Trinajstić information content (AvgIpc) is 3.36. The number of rotatable bonds is 8. The van der Waals surface area contributed by atoms with E-state index < -0.39 is 5.97 Å². The fraction of sp³-hybridized carbons (Fsp3) is 0.562. The van der Waals surface area contributed by atoms with E-state index in [2.05, 4.69) is 0 Å². The molecule has 0 bridgehead atoms. The predicted octanol–water partition coefficient (Wildman–Crippen LogP) is 0.963. The third-order valence-corrected chi connectivity index (χ3v) is 3.35. The topological polar surface area (TPSA) is 93.4 Å². The Morgan fingerprint density at radius 1 is 0.957 bits per heavy atom. The maximum Gasteiger partial charge on any atom is 0.335 e. The fourth-order valence-electron chi connectivity index (χ4n) is 1.71. The van der Waals surface area contributed by atoms with Crippen LogP contribution in [0.5, 0.6) is 5.75 Å². The van der Waals surface area contributed by atoms with Crippen LogP contribution in [0.3, 0.4) is 0 Å². The smallest absolute Gasteiger partial charge is 0.335 e. The molecule has 7 nitrogen and oxygen atoms in total. The van der Waals surface area contributed by atoms with E-state index in [4.69, 9.17) is 28.8 Å². The van der Waals surface area contributed by atoms with Crippen molar-refractivity contribution in [1.29, 1.82) is 0 Å². The summed E-state index contributed by atoms with van der Waals surface area (Å²) in [4.78, 5) is 10.5. The van der Waals surface area contributed by atoms with E-state index in [0.717, 1.165) is 33.0 Å². The maximum absolute atomic E-state index is 10.5. The summed E-state index contributed by atoms with van der Waals surface area (Å²) in [5.74, 6) is -0.257. The Morgan fingerprint density at radius 2 is 1.43 bits per heavy atom. The minimum atomic E-state index is -0.929.